The molecule has 0 aliphatic heterocycles. The molecule has 3 N–H and O–H groups in total. The third-order valence-electron chi connectivity index (χ3n) is 2.58. The molecule has 0 spiro atoms. The molecule has 0 aliphatic rings. The van der Waals surface area contributed by atoms with Crippen LogP contribution in [0, 0.1) is 17.8 Å². The van der Waals surface area contributed by atoms with E-state index in [1.54, 1.807) is 0 Å². The summed E-state index contributed by atoms with van der Waals surface area (Å²) in [6, 6.07) is 0.0184. The van der Waals surface area contributed by atoms with Crippen molar-refractivity contribution < 1.29 is 4.79 Å². The van der Waals surface area contributed by atoms with Gasteiger partial charge in [0.2, 0.25) is 5.91 Å². The highest BCUT2D eigenvalue weighted by Gasteiger charge is 2.30. The van der Waals surface area contributed by atoms with Gasteiger partial charge in [0.05, 0.1) is 5.41 Å². The average molecular weight is 196 g/mol. The number of amides is 1. The zero-order valence-corrected chi connectivity index (χ0v) is 9.26. The average Bonchev–Trinajstić information content (AvgIpc) is 2.16. The number of nitrogens with one attached hydrogen (secondary N) is 1. The third-order valence-corrected chi connectivity index (χ3v) is 2.58. The van der Waals surface area contributed by atoms with Crippen molar-refractivity contribution in [3.8, 4) is 12.3 Å². The molecule has 0 aliphatic carbocycles. The van der Waals surface area contributed by atoms with Crippen molar-refractivity contribution in [3.63, 3.8) is 0 Å². The fraction of sp³-hybridized carbons (Fsp3) is 0.727. The second kappa shape index (κ2) is 5.66. The largest absolute Gasteiger partial charge is 0.352 e. The van der Waals surface area contributed by atoms with E-state index in [0.717, 1.165) is 6.42 Å². The van der Waals surface area contributed by atoms with Crippen LogP contribution in [0.15, 0.2) is 0 Å². The van der Waals surface area contributed by atoms with E-state index < -0.39 is 5.41 Å². The van der Waals surface area contributed by atoms with Crippen molar-refractivity contribution in [1.82, 2.24) is 5.32 Å². The Kier molecular flexibility index (Phi) is 5.26. The van der Waals surface area contributed by atoms with E-state index in [1.807, 2.05) is 20.8 Å². The number of terminal acetylenes is 1. The Labute approximate surface area is 86.4 Å². The van der Waals surface area contributed by atoms with Gasteiger partial charge in [-0.25, -0.2) is 0 Å². The van der Waals surface area contributed by atoms with Crippen LogP contribution < -0.4 is 11.1 Å². The normalized spacial score (nSPS) is 16.5. The molecule has 0 rings (SSSR count). The first kappa shape index (κ1) is 13.0. The van der Waals surface area contributed by atoms with E-state index in [0.29, 0.717) is 13.0 Å². The van der Waals surface area contributed by atoms with Crippen molar-refractivity contribution in [2.45, 2.75) is 39.7 Å². The molecule has 0 bridgehead atoms. The molecule has 80 valence electrons. The van der Waals surface area contributed by atoms with E-state index in [-0.39, 0.29) is 11.9 Å². The lowest BCUT2D eigenvalue weighted by molar-refractivity contribution is -0.130. The Balaban J connectivity index is 4.26. The first-order valence-electron chi connectivity index (χ1n) is 4.94. The van der Waals surface area contributed by atoms with Crippen LogP contribution in [-0.2, 0) is 4.79 Å². The zero-order valence-electron chi connectivity index (χ0n) is 9.26. The van der Waals surface area contributed by atoms with Gasteiger partial charge in [0.15, 0.2) is 0 Å². The first-order chi connectivity index (χ1) is 6.50. The molecule has 0 saturated carbocycles. The van der Waals surface area contributed by atoms with Crippen molar-refractivity contribution in [1.29, 1.82) is 0 Å². The summed E-state index contributed by atoms with van der Waals surface area (Å²) in [7, 11) is 0. The zero-order chi connectivity index (χ0) is 11.2. The molecular formula is C11H20N2O. The number of hydrogen-bond donors (Lipinski definition) is 2. The molecule has 0 radical (unpaired) electrons. The Hall–Kier alpha value is -1.01. The Morgan fingerprint density at radius 3 is 2.64 bits per heavy atom. The number of rotatable bonds is 5. The second-order valence-corrected chi connectivity index (χ2v) is 3.90. The van der Waals surface area contributed by atoms with Crippen molar-refractivity contribution in [2.24, 2.45) is 11.1 Å². The predicted molar refractivity (Wildman–Crippen MR) is 58.5 cm³/mol. The van der Waals surface area contributed by atoms with Gasteiger partial charge in [-0.15, -0.1) is 12.3 Å². The lowest BCUT2D eigenvalue weighted by Crippen LogP contribution is -2.46. The van der Waals surface area contributed by atoms with Crippen LogP contribution in [0.1, 0.15) is 33.6 Å². The van der Waals surface area contributed by atoms with Gasteiger partial charge in [-0.3, -0.25) is 4.79 Å². The summed E-state index contributed by atoms with van der Waals surface area (Å²) in [6.07, 6.45) is 6.44. The van der Waals surface area contributed by atoms with E-state index in [9.17, 15) is 4.79 Å². The van der Waals surface area contributed by atoms with E-state index in [1.165, 1.54) is 0 Å². The van der Waals surface area contributed by atoms with E-state index >= 15 is 0 Å². The topological polar surface area (TPSA) is 55.1 Å². The minimum atomic E-state index is -0.469. The number of nitrogens with two attached hydrogens (primary N) is 1. The molecule has 3 heteroatoms. The Morgan fingerprint density at radius 1 is 1.71 bits per heavy atom. The fourth-order valence-electron chi connectivity index (χ4n) is 1.02. The summed E-state index contributed by atoms with van der Waals surface area (Å²) in [5, 5.41) is 2.86. The maximum absolute atomic E-state index is 11.8. The molecule has 0 saturated heterocycles. The van der Waals surface area contributed by atoms with Gasteiger partial charge in [-0.1, -0.05) is 6.92 Å². The number of carbonyl (C=O) groups is 1. The molecule has 0 aromatic rings. The molecule has 3 nitrogen and oxygen atoms in total. The number of carbonyl (C=O) groups excluding carboxylic acids is 1. The van der Waals surface area contributed by atoms with Gasteiger partial charge in [-0.2, -0.15) is 0 Å². The van der Waals surface area contributed by atoms with Gasteiger partial charge >= 0.3 is 0 Å². The highest BCUT2D eigenvalue weighted by molar-refractivity contribution is 5.82. The Bertz CT molecular complexity index is 226. The summed E-state index contributed by atoms with van der Waals surface area (Å²) >= 11 is 0. The second-order valence-electron chi connectivity index (χ2n) is 3.90. The molecule has 0 aromatic heterocycles. The van der Waals surface area contributed by atoms with Crippen LogP contribution in [0.2, 0.25) is 0 Å². The van der Waals surface area contributed by atoms with Gasteiger partial charge in [0.1, 0.15) is 0 Å². The van der Waals surface area contributed by atoms with Crippen LogP contribution in [0.5, 0.6) is 0 Å². The number of hydrogen-bond acceptors (Lipinski definition) is 2. The maximum Gasteiger partial charge on any atom is 0.227 e. The maximum atomic E-state index is 11.8. The predicted octanol–water partition coefficient (Wildman–Crippen LogP) is 0.889. The smallest absolute Gasteiger partial charge is 0.227 e. The SMILES string of the molecule is C#CCC(C)NC(=O)C(C)(CC)CN. The van der Waals surface area contributed by atoms with Crippen molar-refractivity contribution in [3.05, 3.63) is 0 Å². The van der Waals surface area contributed by atoms with Crippen LogP contribution in [-0.4, -0.2) is 18.5 Å². The van der Waals surface area contributed by atoms with Crippen LogP contribution in [0.3, 0.4) is 0 Å². The van der Waals surface area contributed by atoms with E-state index in [4.69, 9.17) is 12.2 Å². The summed E-state index contributed by atoms with van der Waals surface area (Å²) in [5.74, 6) is 2.51. The molecule has 0 aromatic carbocycles. The van der Waals surface area contributed by atoms with Crippen LogP contribution >= 0.6 is 0 Å². The van der Waals surface area contributed by atoms with Gasteiger partial charge in [0, 0.05) is 19.0 Å². The fourth-order valence-corrected chi connectivity index (χ4v) is 1.02. The summed E-state index contributed by atoms with van der Waals surface area (Å²) in [6.45, 7) is 6.08. The van der Waals surface area contributed by atoms with Crippen molar-refractivity contribution >= 4 is 5.91 Å². The first-order valence-corrected chi connectivity index (χ1v) is 4.94. The van der Waals surface area contributed by atoms with Gasteiger partial charge in [0.25, 0.3) is 0 Å². The molecule has 2 unspecified atom stereocenters. The molecule has 0 heterocycles. The molecule has 14 heavy (non-hydrogen) atoms. The van der Waals surface area contributed by atoms with Crippen LogP contribution in [0.25, 0.3) is 0 Å². The Morgan fingerprint density at radius 2 is 2.29 bits per heavy atom. The molecule has 0 fully saturated rings. The lowest BCUT2D eigenvalue weighted by atomic mass is 9.86. The summed E-state index contributed by atoms with van der Waals surface area (Å²) in [5.41, 5.74) is 5.10. The van der Waals surface area contributed by atoms with Gasteiger partial charge in [-0.05, 0) is 20.3 Å². The van der Waals surface area contributed by atoms with Crippen LogP contribution in [0.4, 0.5) is 0 Å². The highest BCUT2D eigenvalue weighted by atomic mass is 16.2. The standard InChI is InChI=1S/C11H20N2O/c1-5-7-9(3)13-10(14)11(4,6-2)8-12/h1,9H,6-8,12H2,2-4H3,(H,13,14). The minimum Gasteiger partial charge on any atom is -0.352 e. The highest BCUT2D eigenvalue weighted by Crippen LogP contribution is 2.19. The monoisotopic (exact) mass is 196 g/mol. The lowest BCUT2D eigenvalue weighted by Gasteiger charge is -2.26. The molecule has 2 atom stereocenters. The van der Waals surface area contributed by atoms with Gasteiger partial charge < -0.3 is 11.1 Å². The molecule has 1 amide bonds. The third kappa shape index (κ3) is 3.39. The molecular weight excluding hydrogens is 176 g/mol. The summed E-state index contributed by atoms with van der Waals surface area (Å²) < 4.78 is 0. The van der Waals surface area contributed by atoms with Crippen molar-refractivity contribution in [2.75, 3.05) is 6.54 Å². The quantitative estimate of drug-likeness (QED) is 0.642. The summed E-state index contributed by atoms with van der Waals surface area (Å²) in [4.78, 5) is 11.8. The van der Waals surface area contributed by atoms with E-state index in [2.05, 4.69) is 11.2 Å². The minimum absolute atomic E-state index is 0.00903.